The number of piperidine rings is 1. The van der Waals surface area contributed by atoms with E-state index in [1.807, 2.05) is 0 Å². The van der Waals surface area contributed by atoms with Crippen LogP contribution in [0.15, 0.2) is 0 Å². The largest absolute Gasteiger partial charge is 0.313 e. The summed E-state index contributed by atoms with van der Waals surface area (Å²) in [5, 5.41) is 3.69. The van der Waals surface area contributed by atoms with Crippen molar-refractivity contribution in [3.63, 3.8) is 0 Å². The maximum absolute atomic E-state index is 3.69. The van der Waals surface area contributed by atoms with Gasteiger partial charge in [-0.25, -0.2) is 0 Å². The molecule has 1 heterocycles. The normalized spacial score (nSPS) is 31.5. The highest BCUT2D eigenvalue weighted by Gasteiger charge is 2.36. The molecule has 0 amide bonds. The first-order valence-electron chi connectivity index (χ1n) is 8.22. The molecule has 0 aromatic carbocycles. The summed E-state index contributed by atoms with van der Waals surface area (Å²) in [6, 6.07) is 1.57. The lowest BCUT2D eigenvalue weighted by Gasteiger charge is -2.41. The Balaban J connectivity index is 1.87. The number of hydrogen-bond donors (Lipinski definition) is 1. The fraction of sp³-hybridized carbons (Fsp3) is 1.00. The van der Waals surface area contributed by atoms with Crippen LogP contribution in [0.1, 0.15) is 59.3 Å². The van der Waals surface area contributed by atoms with Gasteiger partial charge in [-0.1, -0.05) is 26.7 Å². The molecule has 0 aromatic heterocycles. The second-order valence-electron chi connectivity index (χ2n) is 6.53. The summed E-state index contributed by atoms with van der Waals surface area (Å²) in [5.41, 5.74) is 0. The Morgan fingerprint density at radius 1 is 1.22 bits per heavy atom. The van der Waals surface area contributed by atoms with Gasteiger partial charge in [-0.05, 0) is 51.0 Å². The zero-order chi connectivity index (χ0) is 13.0. The molecule has 2 nitrogen and oxygen atoms in total. The molecule has 2 aliphatic rings. The lowest BCUT2D eigenvalue weighted by atomic mass is 9.88. The van der Waals surface area contributed by atoms with Gasteiger partial charge in [-0.15, -0.1) is 0 Å². The molecule has 2 fully saturated rings. The first-order valence-corrected chi connectivity index (χ1v) is 8.22. The Bertz CT molecular complexity index is 237. The molecule has 3 atom stereocenters. The van der Waals surface area contributed by atoms with Crippen molar-refractivity contribution in [2.45, 2.75) is 71.4 Å². The molecule has 1 saturated heterocycles. The van der Waals surface area contributed by atoms with Crippen molar-refractivity contribution in [3.8, 4) is 0 Å². The highest BCUT2D eigenvalue weighted by atomic mass is 15.2. The Hall–Kier alpha value is -0.0800. The lowest BCUT2D eigenvalue weighted by Crippen LogP contribution is -2.52. The first kappa shape index (κ1) is 14.3. The molecule has 1 aliphatic carbocycles. The highest BCUT2D eigenvalue weighted by Crippen LogP contribution is 2.37. The number of rotatable bonds is 7. The fourth-order valence-electron chi connectivity index (χ4n) is 3.59. The van der Waals surface area contributed by atoms with E-state index in [9.17, 15) is 0 Å². The van der Waals surface area contributed by atoms with Crippen LogP contribution in [0.5, 0.6) is 0 Å². The molecule has 0 radical (unpaired) electrons. The van der Waals surface area contributed by atoms with Gasteiger partial charge in [0.25, 0.3) is 0 Å². The van der Waals surface area contributed by atoms with E-state index in [-0.39, 0.29) is 0 Å². The topological polar surface area (TPSA) is 15.3 Å². The van der Waals surface area contributed by atoms with E-state index in [1.54, 1.807) is 0 Å². The number of nitrogens with zero attached hydrogens (tertiary/aromatic N) is 1. The average Bonchev–Trinajstić information content (AvgIpc) is 3.20. The minimum atomic E-state index is 0.742. The molecule has 2 rings (SSSR count). The summed E-state index contributed by atoms with van der Waals surface area (Å²) in [5.74, 6) is 1.95. The first-order chi connectivity index (χ1) is 8.74. The second kappa shape index (κ2) is 6.91. The minimum absolute atomic E-state index is 0.742. The van der Waals surface area contributed by atoms with Crippen molar-refractivity contribution < 1.29 is 0 Å². The van der Waals surface area contributed by atoms with Crippen LogP contribution in [-0.4, -0.2) is 36.6 Å². The number of likely N-dealkylation sites (tertiary alicyclic amines) is 1. The van der Waals surface area contributed by atoms with Gasteiger partial charge in [-0.2, -0.15) is 0 Å². The molecule has 1 N–H and O–H groups in total. The molecular weight excluding hydrogens is 220 g/mol. The predicted molar refractivity (Wildman–Crippen MR) is 78.9 cm³/mol. The summed E-state index contributed by atoms with van der Waals surface area (Å²) in [6.07, 6.45) is 8.55. The molecule has 3 unspecified atom stereocenters. The van der Waals surface area contributed by atoms with Gasteiger partial charge in [0, 0.05) is 25.2 Å². The van der Waals surface area contributed by atoms with Gasteiger partial charge in [0.2, 0.25) is 0 Å². The van der Waals surface area contributed by atoms with E-state index in [1.165, 1.54) is 51.6 Å². The smallest absolute Gasteiger partial charge is 0.0198 e. The van der Waals surface area contributed by atoms with Crippen LogP contribution in [0, 0.1) is 11.8 Å². The van der Waals surface area contributed by atoms with Crippen LogP contribution >= 0.6 is 0 Å². The molecule has 0 spiro atoms. The van der Waals surface area contributed by atoms with Crippen LogP contribution in [-0.2, 0) is 0 Å². The molecule has 2 heteroatoms. The summed E-state index contributed by atoms with van der Waals surface area (Å²) >= 11 is 0. The van der Waals surface area contributed by atoms with Crippen LogP contribution in [0.25, 0.3) is 0 Å². The number of hydrogen-bond acceptors (Lipinski definition) is 2. The van der Waals surface area contributed by atoms with Gasteiger partial charge in [0.05, 0.1) is 0 Å². The van der Waals surface area contributed by atoms with Gasteiger partial charge >= 0.3 is 0 Å². The summed E-state index contributed by atoms with van der Waals surface area (Å²) < 4.78 is 0. The summed E-state index contributed by atoms with van der Waals surface area (Å²) in [7, 11) is 0. The van der Waals surface area contributed by atoms with E-state index in [0.717, 1.165) is 30.5 Å². The summed E-state index contributed by atoms with van der Waals surface area (Å²) in [6.45, 7) is 10.8. The van der Waals surface area contributed by atoms with Crippen LogP contribution in [0.2, 0.25) is 0 Å². The van der Waals surface area contributed by atoms with Crippen LogP contribution < -0.4 is 5.32 Å². The van der Waals surface area contributed by atoms with Gasteiger partial charge in [-0.3, -0.25) is 4.90 Å². The quantitative estimate of drug-likeness (QED) is 0.748. The van der Waals surface area contributed by atoms with E-state index in [4.69, 9.17) is 0 Å². The Kier molecular flexibility index (Phi) is 5.50. The Morgan fingerprint density at radius 3 is 2.61 bits per heavy atom. The van der Waals surface area contributed by atoms with Crippen molar-refractivity contribution >= 4 is 0 Å². The third-order valence-electron chi connectivity index (χ3n) is 4.90. The maximum Gasteiger partial charge on any atom is 0.0198 e. The molecule has 1 aliphatic heterocycles. The highest BCUT2D eigenvalue weighted by molar-refractivity contribution is 4.91. The fourth-order valence-corrected chi connectivity index (χ4v) is 3.59. The zero-order valence-corrected chi connectivity index (χ0v) is 12.6. The molecule has 106 valence electrons. The minimum Gasteiger partial charge on any atom is -0.313 e. The molecule has 1 saturated carbocycles. The predicted octanol–water partition coefficient (Wildman–Crippen LogP) is 3.28. The van der Waals surface area contributed by atoms with E-state index in [0.29, 0.717) is 0 Å². The average molecular weight is 252 g/mol. The standard InChI is InChI=1S/C16H32N2/c1-4-6-7-14-10-16(17-5-2)12-18(11-14)13(3)15-8-9-15/h13-17H,4-12H2,1-3H3. The van der Waals surface area contributed by atoms with Crippen LogP contribution in [0.3, 0.4) is 0 Å². The van der Waals surface area contributed by atoms with E-state index >= 15 is 0 Å². The third-order valence-corrected chi connectivity index (χ3v) is 4.90. The zero-order valence-electron chi connectivity index (χ0n) is 12.6. The summed E-state index contributed by atoms with van der Waals surface area (Å²) in [4.78, 5) is 2.79. The van der Waals surface area contributed by atoms with E-state index < -0.39 is 0 Å². The third kappa shape index (κ3) is 3.96. The number of likely N-dealkylation sites (N-methyl/N-ethyl adjacent to an activating group) is 1. The Morgan fingerprint density at radius 2 is 2.00 bits per heavy atom. The molecule has 0 bridgehead atoms. The number of nitrogens with one attached hydrogen (secondary N) is 1. The van der Waals surface area contributed by atoms with Crippen molar-refractivity contribution in [3.05, 3.63) is 0 Å². The molecule has 0 aromatic rings. The molecule has 18 heavy (non-hydrogen) atoms. The molecular formula is C16H32N2. The SMILES string of the molecule is CCCCC1CC(NCC)CN(C(C)C2CC2)C1. The maximum atomic E-state index is 3.69. The van der Waals surface area contributed by atoms with Crippen molar-refractivity contribution in [1.82, 2.24) is 10.2 Å². The van der Waals surface area contributed by atoms with E-state index in [2.05, 4.69) is 31.0 Å². The number of unbranched alkanes of at least 4 members (excludes halogenated alkanes) is 1. The van der Waals surface area contributed by atoms with Crippen molar-refractivity contribution in [2.24, 2.45) is 11.8 Å². The van der Waals surface area contributed by atoms with Crippen molar-refractivity contribution in [1.29, 1.82) is 0 Å². The van der Waals surface area contributed by atoms with Gasteiger partial charge in [0.1, 0.15) is 0 Å². The van der Waals surface area contributed by atoms with Gasteiger partial charge < -0.3 is 5.32 Å². The second-order valence-corrected chi connectivity index (χ2v) is 6.53. The lowest BCUT2D eigenvalue weighted by molar-refractivity contribution is 0.0905. The van der Waals surface area contributed by atoms with Crippen molar-refractivity contribution in [2.75, 3.05) is 19.6 Å². The van der Waals surface area contributed by atoms with Gasteiger partial charge in [0.15, 0.2) is 0 Å². The van der Waals surface area contributed by atoms with Crippen LogP contribution in [0.4, 0.5) is 0 Å². The Labute approximate surface area is 114 Å². The monoisotopic (exact) mass is 252 g/mol.